The van der Waals surface area contributed by atoms with Crippen LogP contribution in [0.3, 0.4) is 0 Å². The van der Waals surface area contributed by atoms with Gasteiger partial charge in [-0.25, -0.2) is 0 Å². The fraction of sp³-hybridized carbons (Fsp3) is 0.533. The maximum Gasteiger partial charge on any atom is 0.148 e. The van der Waals surface area contributed by atoms with Crippen molar-refractivity contribution >= 4 is 17.5 Å². The summed E-state index contributed by atoms with van der Waals surface area (Å²) in [6.07, 6.45) is 1.79. The summed E-state index contributed by atoms with van der Waals surface area (Å²) in [5.74, 6) is 1.15. The topological polar surface area (TPSA) is 38.3 Å². The van der Waals surface area contributed by atoms with Crippen LogP contribution in [0.2, 0.25) is 0 Å². The first-order valence-corrected chi connectivity index (χ1v) is 7.58. The Bertz CT molecular complexity index is 446. The summed E-state index contributed by atoms with van der Waals surface area (Å²) in [7, 11) is 1.91. The fourth-order valence-electron chi connectivity index (χ4n) is 2.22. The lowest BCUT2D eigenvalue weighted by molar-refractivity contribution is -0.118. The van der Waals surface area contributed by atoms with Crippen LogP contribution >= 0.6 is 11.8 Å². The second kappa shape index (κ2) is 5.97. The monoisotopic (exact) mass is 279 g/mol. The second-order valence-electron chi connectivity index (χ2n) is 4.90. The second-order valence-corrected chi connectivity index (χ2v) is 6.34. The van der Waals surface area contributed by atoms with Crippen LogP contribution in [0.4, 0.5) is 0 Å². The summed E-state index contributed by atoms with van der Waals surface area (Å²) in [6, 6.07) is 8.09. The summed E-state index contributed by atoms with van der Waals surface area (Å²) in [5.41, 5.74) is 1.18. The van der Waals surface area contributed by atoms with Gasteiger partial charge in [0.2, 0.25) is 0 Å². The molecular formula is C15H21NO2S. The Labute approximate surface area is 119 Å². The lowest BCUT2D eigenvalue weighted by Gasteiger charge is -2.12. The van der Waals surface area contributed by atoms with Gasteiger partial charge in [-0.1, -0.05) is 19.1 Å². The van der Waals surface area contributed by atoms with Crippen LogP contribution in [-0.4, -0.2) is 29.6 Å². The van der Waals surface area contributed by atoms with Gasteiger partial charge in [0.15, 0.2) is 0 Å². The van der Waals surface area contributed by atoms with Gasteiger partial charge in [0.25, 0.3) is 0 Å². The Morgan fingerprint density at radius 1 is 1.42 bits per heavy atom. The van der Waals surface area contributed by atoms with E-state index in [0.29, 0.717) is 0 Å². The quantitative estimate of drug-likeness (QED) is 0.779. The molecule has 1 saturated heterocycles. The van der Waals surface area contributed by atoms with Gasteiger partial charge in [-0.05, 0) is 44.5 Å². The molecule has 2 rings (SSSR count). The van der Waals surface area contributed by atoms with Gasteiger partial charge in [0.05, 0.1) is 12.0 Å². The maximum atomic E-state index is 11.8. The first-order valence-electron chi connectivity index (χ1n) is 6.70. The van der Waals surface area contributed by atoms with Crippen LogP contribution in [0.25, 0.3) is 0 Å². The highest BCUT2D eigenvalue weighted by atomic mass is 32.2. The number of ketones is 1. The molecule has 4 heteroatoms. The van der Waals surface area contributed by atoms with Crippen molar-refractivity contribution < 1.29 is 9.53 Å². The molecule has 1 unspecified atom stereocenters. The van der Waals surface area contributed by atoms with Crippen LogP contribution < -0.4 is 10.1 Å². The molecule has 1 aliphatic rings. The lowest BCUT2D eigenvalue weighted by Crippen LogP contribution is -2.32. The predicted molar refractivity (Wildman–Crippen MR) is 79.8 cm³/mol. The first kappa shape index (κ1) is 14.4. The van der Waals surface area contributed by atoms with Crippen molar-refractivity contribution in [2.75, 3.05) is 13.7 Å². The van der Waals surface area contributed by atoms with E-state index in [0.717, 1.165) is 25.2 Å². The molecule has 0 amide bonds. The van der Waals surface area contributed by atoms with E-state index >= 15 is 0 Å². The fourth-order valence-corrected chi connectivity index (χ4v) is 3.48. The molecule has 104 valence electrons. The molecule has 0 aliphatic carbocycles. The SMILES string of the molecule is CCCOc1ccc(C[C@@]2(C(C)=O)SC2NC)cc1. The average Bonchev–Trinajstić information content (AvgIpc) is 3.13. The van der Waals surface area contributed by atoms with E-state index in [1.807, 2.05) is 19.2 Å². The van der Waals surface area contributed by atoms with E-state index in [2.05, 4.69) is 24.4 Å². The summed E-state index contributed by atoms with van der Waals surface area (Å²) >= 11 is 1.71. The standard InChI is InChI=1S/C15H21NO2S/c1-4-9-18-13-7-5-12(6-8-13)10-15(11(2)17)14(16-3)19-15/h5-8,14,16H,4,9-10H2,1-3H3/t14?,15-/m0/s1. The molecule has 3 nitrogen and oxygen atoms in total. The summed E-state index contributed by atoms with van der Waals surface area (Å²) in [6.45, 7) is 4.52. The number of rotatable bonds is 7. The summed E-state index contributed by atoms with van der Waals surface area (Å²) < 4.78 is 5.30. The number of ether oxygens (including phenoxy) is 1. The van der Waals surface area contributed by atoms with Crippen molar-refractivity contribution in [3.8, 4) is 5.75 Å². The predicted octanol–water partition coefficient (Wildman–Crippen LogP) is 2.64. The van der Waals surface area contributed by atoms with E-state index in [1.54, 1.807) is 18.7 Å². The number of Topliss-reactive ketones (excluding diaryl/α,β-unsaturated/α-hetero) is 1. The number of hydrogen-bond donors (Lipinski definition) is 1. The van der Waals surface area contributed by atoms with E-state index in [1.165, 1.54) is 5.56 Å². The van der Waals surface area contributed by atoms with Gasteiger partial charge in [-0.3, -0.25) is 4.79 Å². The minimum atomic E-state index is -0.263. The highest BCUT2D eigenvalue weighted by Crippen LogP contribution is 2.54. The van der Waals surface area contributed by atoms with Crippen molar-refractivity contribution in [3.63, 3.8) is 0 Å². The van der Waals surface area contributed by atoms with E-state index in [-0.39, 0.29) is 15.9 Å². The Kier molecular flexibility index (Phi) is 4.53. The highest BCUT2D eigenvalue weighted by Gasteiger charge is 2.58. The van der Waals surface area contributed by atoms with Gasteiger partial charge in [0, 0.05) is 0 Å². The zero-order valence-electron chi connectivity index (χ0n) is 11.7. The zero-order valence-corrected chi connectivity index (χ0v) is 12.5. The normalized spacial score (nSPS) is 25.1. The summed E-state index contributed by atoms with van der Waals surface area (Å²) in [5, 5.41) is 3.44. The molecule has 19 heavy (non-hydrogen) atoms. The molecule has 1 N–H and O–H groups in total. The molecule has 0 aromatic heterocycles. The molecule has 0 bridgehead atoms. The molecule has 0 saturated carbocycles. The van der Waals surface area contributed by atoms with Crippen LogP contribution in [0, 0.1) is 0 Å². The van der Waals surface area contributed by atoms with Crippen molar-refractivity contribution in [2.45, 2.75) is 36.8 Å². The molecule has 1 fully saturated rings. The Morgan fingerprint density at radius 2 is 2.11 bits per heavy atom. The largest absolute Gasteiger partial charge is 0.494 e. The molecule has 1 aliphatic heterocycles. The van der Waals surface area contributed by atoms with Crippen LogP contribution in [-0.2, 0) is 11.2 Å². The van der Waals surface area contributed by atoms with E-state index in [4.69, 9.17) is 4.74 Å². The lowest BCUT2D eigenvalue weighted by atomic mass is 9.95. The van der Waals surface area contributed by atoms with Crippen LogP contribution in [0.15, 0.2) is 24.3 Å². The smallest absolute Gasteiger partial charge is 0.148 e. The van der Waals surface area contributed by atoms with E-state index in [9.17, 15) is 4.79 Å². The number of nitrogens with one attached hydrogen (secondary N) is 1. The number of thioether (sulfide) groups is 1. The molecule has 1 heterocycles. The maximum absolute atomic E-state index is 11.8. The Hall–Kier alpha value is -1.00. The highest BCUT2D eigenvalue weighted by molar-refractivity contribution is 8.09. The average molecular weight is 279 g/mol. The zero-order chi connectivity index (χ0) is 13.9. The van der Waals surface area contributed by atoms with E-state index < -0.39 is 0 Å². The third-order valence-electron chi connectivity index (χ3n) is 3.42. The minimum absolute atomic E-state index is 0.251. The number of carbonyl (C=O) groups is 1. The van der Waals surface area contributed by atoms with Gasteiger partial charge >= 0.3 is 0 Å². The number of carbonyl (C=O) groups excluding carboxylic acids is 1. The Balaban J connectivity index is 2.01. The van der Waals surface area contributed by atoms with Gasteiger partial charge in [-0.15, -0.1) is 11.8 Å². The third-order valence-corrected chi connectivity index (χ3v) is 5.12. The molecule has 0 spiro atoms. The molecule has 0 radical (unpaired) electrons. The van der Waals surface area contributed by atoms with Crippen LogP contribution in [0.1, 0.15) is 25.8 Å². The van der Waals surface area contributed by atoms with Crippen molar-refractivity contribution in [1.82, 2.24) is 5.32 Å². The molecule has 1 aromatic carbocycles. The third kappa shape index (κ3) is 3.12. The van der Waals surface area contributed by atoms with Crippen LogP contribution in [0.5, 0.6) is 5.75 Å². The van der Waals surface area contributed by atoms with Crippen molar-refractivity contribution in [2.24, 2.45) is 0 Å². The number of hydrogen-bond acceptors (Lipinski definition) is 4. The minimum Gasteiger partial charge on any atom is -0.494 e. The summed E-state index contributed by atoms with van der Waals surface area (Å²) in [4.78, 5) is 11.8. The number of benzene rings is 1. The van der Waals surface area contributed by atoms with Gasteiger partial charge in [0.1, 0.15) is 16.3 Å². The molecular weight excluding hydrogens is 258 g/mol. The Morgan fingerprint density at radius 3 is 2.58 bits per heavy atom. The van der Waals surface area contributed by atoms with Gasteiger partial charge < -0.3 is 10.1 Å². The molecule has 1 aromatic rings. The van der Waals surface area contributed by atoms with Gasteiger partial charge in [-0.2, -0.15) is 0 Å². The first-order chi connectivity index (χ1) is 9.12. The van der Waals surface area contributed by atoms with Crippen molar-refractivity contribution in [1.29, 1.82) is 0 Å². The van der Waals surface area contributed by atoms with Crippen molar-refractivity contribution in [3.05, 3.63) is 29.8 Å². The molecule has 2 atom stereocenters.